The predicted octanol–water partition coefficient (Wildman–Crippen LogP) is 3.34. The van der Waals surface area contributed by atoms with Gasteiger partial charge in [0.1, 0.15) is 18.7 Å². The second-order valence-corrected chi connectivity index (χ2v) is 13.2. The number of rotatable bonds is 13. The number of ketones is 1. The predicted molar refractivity (Wildman–Crippen MR) is 172 cm³/mol. The number of Topliss-reactive ketones (excluding diaryl/α,β-unsaturated/α-hetero) is 1. The van der Waals surface area contributed by atoms with Crippen LogP contribution in [0.5, 0.6) is 0 Å². The first-order chi connectivity index (χ1) is 22.1. The molecule has 4 amide bonds. The van der Waals surface area contributed by atoms with Gasteiger partial charge in [-0.3, -0.25) is 19.2 Å². The summed E-state index contributed by atoms with van der Waals surface area (Å²) in [4.78, 5) is 68.7. The summed E-state index contributed by atoms with van der Waals surface area (Å²) < 4.78 is 5.52. The zero-order valence-corrected chi connectivity index (χ0v) is 26.8. The molecule has 0 spiro atoms. The van der Waals surface area contributed by atoms with Gasteiger partial charge in [0.15, 0.2) is 0 Å². The number of hydrogen-bond donors (Lipinski definition) is 3. The third-order valence-electron chi connectivity index (χ3n) is 9.91. The van der Waals surface area contributed by atoms with Gasteiger partial charge in [-0.25, -0.2) is 4.79 Å². The number of piperidine rings is 1. The van der Waals surface area contributed by atoms with Crippen LogP contribution in [-0.4, -0.2) is 65.7 Å². The number of nitrogens with one attached hydrogen (secondary N) is 3. The van der Waals surface area contributed by atoms with Crippen LogP contribution in [0.3, 0.4) is 0 Å². The lowest BCUT2D eigenvalue weighted by Crippen LogP contribution is -2.59. The molecule has 2 unspecified atom stereocenters. The van der Waals surface area contributed by atoms with Crippen molar-refractivity contribution in [3.63, 3.8) is 0 Å². The first-order valence-corrected chi connectivity index (χ1v) is 16.1. The van der Waals surface area contributed by atoms with E-state index < -0.39 is 41.8 Å². The van der Waals surface area contributed by atoms with Crippen molar-refractivity contribution in [2.75, 3.05) is 13.1 Å². The fourth-order valence-corrected chi connectivity index (χ4v) is 7.32. The van der Waals surface area contributed by atoms with Gasteiger partial charge >= 0.3 is 6.09 Å². The molecule has 2 fully saturated rings. The van der Waals surface area contributed by atoms with Crippen LogP contribution >= 0.6 is 0 Å². The van der Waals surface area contributed by atoms with Crippen molar-refractivity contribution >= 4 is 29.6 Å². The molecule has 1 heterocycles. The van der Waals surface area contributed by atoms with E-state index in [1.54, 1.807) is 4.90 Å². The van der Waals surface area contributed by atoms with Crippen molar-refractivity contribution in [1.82, 2.24) is 20.9 Å². The van der Waals surface area contributed by atoms with Crippen LogP contribution in [0.1, 0.15) is 50.3 Å². The Balaban J connectivity index is 1.36. The van der Waals surface area contributed by atoms with Crippen LogP contribution in [0.25, 0.3) is 0 Å². The summed E-state index contributed by atoms with van der Waals surface area (Å²) in [6.45, 7) is 10.1. The van der Waals surface area contributed by atoms with Crippen LogP contribution in [0.2, 0.25) is 0 Å². The van der Waals surface area contributed by atoms with E-state index in [0.717, 1.165) is 16.7 Å². The van der Waals surface area contributed by atoms with Crippen molar-refractivity contribution in [1.29, 1.82) is 0 Å². The molecule has 10 nitrogen and oxygen atoms in total. The summed E-state index contributed by atoms with van der Waals surface area (Å²) >= 11 is 0. The molecule has 0 bridgehead atoms. The number of nitrogens with zero attached hydrogens (tertiary/aromatic N) is 1. The number of likely N-dealkylation sites (tertiary alicyclic amines) is 1. The molecule has 10 heteroatoms. The minimum Gasteiger partial charge on any atom is -0.445 e. The van der Waals surface area contributed by atoms with E-state index in [4.69, 9.17) is 4.74 Å². The Labute approximate surface area is 270 Å². The second kappa shape index (κ2) is 13.9. The molecule has 1 saturated carbocycles. The minimum atomic E-state index is -1.02. The molecule has 2 aliphatic carbocycles. The molecule has 2 aromatic rings. The van der Waals surface area contributed by atoms with E-state index in [9.17, 15) is 24.0 Å². The van der Waals surface area contributed by atoms with E-state index in [1.165, 1.54) is 6.08 Å². The standard InChI is InChI=1S/C36H44N4O6/c1-5-12-27(31(41)33(43)37-17-6-2)38-32(42)30-28-26(36(28,3)4)20-40(30)34(44)29(25-18-23-15-10-11-16-24(23)19-25)39-35(45)46-21-22-13-8-7-9-14-22/h6-11,13-16,25-30H,2,5,12,17-21H2,1,3-4H3,(H,37,43)(H,38,42)(H,39,45)/t26-,27?,28-,29+,30?/m1/s1. The highest BCUT2D eigenvalue weighted by molar-refractivity contribution is 6.38. The molecule has 244 valence electrons. The average molecular weight is 629 g/mol. The molecule has 0 aromatic heterocycles. The molecule has 1 saturated heterocycles. The third-order valence-corrected chi connectivity index (χ3v) is 9.91. The number of hydrogen-bond acceptors (Lipinski definition) is 6. The summed E-state index contributed by atoms with van der Waals surface area (Å²) in [6, 6.07) is 14.5. The molecule has 3 aliphatic rings. The van der Waals surface area contributed by atoms with E-state index in [0.29, 0.717) is 25.8 Å². The van der Waals surface area contributed by atoms with Gasteiger partial charge < -0.3 is 25.6 Å². The maximum Gasteiger partial charge on any atom is 0.408 e. The highest BCUT2D eigenvalue weighted by atomic mass is 16.5. The number of amides is 4. The van der Waals surface area contributed by atoms with Gasteiger partial charge in [0, 0.05) is 13.1 Å². The van der Waals surface area contributed by atoms with Crippen LogP contribution < -0.4 is 16.0 Å². The number of fused-ring (bicyclic) bond motifs is 2. The highest BCUT2D eigenvalue weighted by Crippen LogP contribution is 2.65. The molecule has 5 atom stereocenters. The molecule has 0 radical (unpaired) electrons. The van der Waals surface area contributed by atoms with Crippen molar-refractivity contribution in [3.8, 4) is 0 Å². The minimum absolute atomic E-state index is 0.0543. The number of benzene rings is 2. The lowest BCUT2D eigenvalue weighted by molar-refractivity contribution is -0.144. The van der Waals surface area contributed by atoms with Gasteiger partial charge in [-0.05, 0) is 59.1 Å². The van der Waals surface area contributed by atoms with Crippen molar-refractivity contribution in [3.05, 3.63) is 83.9 Å². The van der Waals surface area contributed by atoms with Crippen LogP contribution in [0.4, 0.5) is 4.79 Å². The van der Waals surface area contributed by atoms with E-state index >= 15 is 0 Å². The van der Waals surface area contributed by atoms with Gasteiger partial charge in [-0.15, -0.1) is 6.58 Å². The lowest BCUT2D eigenvalue weighted by Gasteiger charge is -2.35. The molecule has 46 heavy (non-hydrogen) atoms. The summed E-state index contributed by atoms with van der Waals surface area (Å²) in [6.07, 6.45) is 2.81. The first-order valence-electron chi connectivity index (χ1n) is 16.1. The van der Waals surface area contributed by atoms with Crippen LogP contribution in [0.15, 0.2) is 67.3 Å². The molecule has 1 aliphatic heterocycles. The van der Waals surface area contributed by atoms with Gasteiger partial charge in [-0.2, -0.15) is 0 Å². The normalized spacial score (nSPS) is 22.1. The quantitative estimate of drug-likeness (QED) is 0.230. The van der Waals surface area contributed by atoms with Gasteiger partial charge in [0.25, 0.3) is 5.91 Å². The summed E-state index contributed by atoms with van der Waals surface area (Å²) in [5.74, 6) is -2.59. The number of carbonyl (C=O) groups excluding carboxylic acids is 5. The molecular weight excluding hydrogens is 584 g/mol. The maximum absolute atomic E-state index is 14.5. The van der Waals surface area contributed by atoms with Gasteiger partial charge in [0.2, 0.25) is 17.6 Å². The van der Waals surface area contributed by atoms with Gasteiger partial charge in [0.05, 0.1) is 6.04 Å². The largest absolute Gasteiger partial charge is 0.445 e. The monoisotopic (exact) mass is 628 g/mol. The van der Waals surface area contributed by atoms with Gasteiger partial charge in [-0.1, -0.05) is 87.9 Å². The van der Waals surface area contributed by atoms with E-state index in [-0.39, 0.29) is 48.6 Å². The van der Waals surface area contributed by atoms with Crippen molar-refractivity contribution in [2.24, 2.45) is 23.2 Å². The average Bonchev–Trinajstić information content (AvgIpc) is 3.41. The molecule has 2 aromatic carbocycles. The first kappa shape index (κ1) is 32.9. The third kappa shape index (κ3) is 6.85. The Morgan fingerprint density at radius 1 is 1.00 bits per heavy atom. The van der Waals surface area contributed by atoms with E-state index in [1.807, 2.05) is 61.5 Å². The van der Waals surface area contributed by atoms with Crippen molar-refractivity contribution in [2.45, 2.75) is 71.2 Å². The molecule has 3 N–H and O–H groups in total. The highest BCUT2D eigenvalue weighted by Gasteiger charge is 2.69. The molecule has 5 rings (SSSR count). The fourth-order valence-electron chi connectivity index (χ4n) is 7.32. The zero-order valence-electron chi connectivity index (χ0n) is 26.8. The van der Waals surface area contributed by atoms with E-state index in [2.05, 4.69) is 36.4 Å². The Morgan fingerprint density at radius 2 is 1.65 bits per heavy atom. The Morgan fingerprint density at radius 3 is 2.28 bits per heavy atom. The Hall–Kier alpha value is -4.47. The Bertz CT molecular complexity index is 1470. The SMILES string of the molecule is C=CCNC(=O)C(=O)C(CCC)NC(=O)C1[C@H]2[C@@H](CN1C(=O)[C@@H](NC(=O)OCc1ccccc1)C1Cc3ccccc3C1)C2(C)C. The number of ether oxygens (including phenoxy) is 1. The Kier molecular flexibility index (Phi) is 9.94. The summed E-state index contributed by atoms with van der Waals surface area (Å²) in [5.41, 5.74) is 2.90. The summed E-state index contributed by atoms with van der Waals surface area (Å²) in [5, 5.41) is 8.17. The van der Waals surface area contributed by atoms with Crippen LogP contribution in [-0.2, 0) is 43.4 Å². The zero-order chi connectivity index (χ0) is 33.0. The smallest absolute Gasteiger partial charge is 0.408 e. The lowest BCUT2D eigenvalue weighted by atomic mass is 9.93. The molecular formula is C36H44N4O6. The topological polar surface area (TPSA) is 134 Å². The van der Waals surface area contributed by atoms with Crippen molar-refractivity contribution < 1.29 is 28.7 Å². The summed E-state index contributed by atoms with van der Waals surface area (Å²) in [7, 11) is 0. The van der Waals surface area contributed by atoms with Crippen LogP contribution in [0, 0.1) is 23.2 Å². The second-order valence-electron chi connectivity index (χ2n) is 13.2. The fraction of sp³-hybridized carbons (Fsp3) is 0.472. The number of alkyl carbamates (subject to hydrolysis) is 1. The number of carbonyl (C=O) groups is 5. The maximum atomic E-state index is 14.5.